The van der Waals surface area contributed by atoms with E-state index in [0.717, 1.165) is 60.0 Å². The van der Waals surface area contributed by atoms with Crippen molar-refractivity contribution in [1.82, 2.24) is 19.9 Å². The van der Waals surface area contributed by atoms with Gasteiger partial charge >= 0.3 is 11.9 Å². The third-order valence-electron chi connectivity index (χ3n) is 10.4. The van der Waals surface area contributed by atoms with E-state index in [1.165, 1.54) is 0 Å². The first-order valence-corrected chi connectivity index (χ1v) is 18.3. The van der Waals surface area contributed by atoms with Gasteiger partial charge in [-0.15, -0.1) is 0 Å². The number of hydrogen-bond donors (Lipinski definition) is 2. The number of anilines is 2. The quantitative estimate of drug-likeness (QED) is 0.160. The smallest absolute Gasteiger partial charge is 0.335 e. The molecule has 10 rings (SSSR count). The number of hydrogen-bond acceptors (Lipinski definition) is 10. The molecule has 0 radical (unpaired) electrons. The SMILES string of the molecule is CN(c1nc2cc(C(=O)O)ccc2nc1-c1cc2ccccc2o1)C1CC1.C[C@H]1CCCN1c1nc2cc(C(=O)O)ccc2nc1-c1cc2ccccc2o1. The van der Waals surface area contributed by atoms with Crippen LogP contribution in [0.2, 0.25) is 0 Å². The standard InChI is InChI=1S/C22H19N3O3.C21H17N3O3/c1-13-5-4-10-25(13)21-20(19-12-14-6-2-3-7-18(14)28-19)23-16-9-8-15(22(26)27)11-17(16)24-21;1-24(14-7-8-14)20-19(18-11-12-4-2-3-5-17(12)27-18)22-15-9-6-13(21(25)26)10-16(15)23-20/h2-3,6-9,11-13H,4-5,10H2,1H3,(H,26,27);2-6,9-11,14H,7-8H2,1H3,(H,25,26)/t13-;/m0./s1. The Balaban J connectivity index is 0.000000144. The van der Waals surface area contributed by atoms with E-state index in [0.29, 0.717) is 62.9 Å². The van der Waals surface area contributed by atoms with Gasteiger partial charge in [-0.05, 0) is 93.3 Å². The first-order chi connectivity index (χ1) is 26.7. The Hall–Kier alpha value is -6.82. The molecule has 8 aromatic rings. The van der Waals surface area contributed by atoms with Crippen LogP contribution in [-0.4, -0.2) is 67.8 Å². The van der Waals surface area contributed by atoms with Gasteiger partial charge in [0.25, 0.3) is 0 Å². The number of carboxylic acid groups (broad SMARTS) is 2. The van der Waals surface area contributed by atoms with Crippen molar-refractivity contribution < 1.29 is 28.6 Å². The maximum Gasteiger partial charge on any atom is 0.335 e. The summed E-state index contributed by atoms with van der Waals surface area (Å²) in [5, 5.41) is 20.6. The Morgan fingerprint density at radius 1 is 0.673 bits per heavy atom. The van der Waals surface area contributed by atoms with Gasteiger partial charge in [0.05, 0.1) is 33.2 Å². The van der Waals surface area contributed by atoms with Gasteiger partial charge < -0.3 is 28.8 Å². The van der Waals surface area contributed by atoms with Crippen molar-refractivity contribution in [3.05, 3.63) is 108 Å². The molecule has 0 bridgehead atoms. The van der Waals surface area contributed by atoms with Gasteiger partial charge in [-0.25, -0.2) is 29.5 Å². The maximum absolute atomic E-state index is 11.4. The van der Waals surface area contributed by atoms with Crippen molar-refractivity contribution in [3.63, 3.8) is 0 Å². The van der Waals surface area contributed by atoms with Gasteiger partial charge in [0.15, 0.2) is 23.2 Å². The van der Waals surface area contributed by atoms with E-state index in [1.54, 1.807) is 36.4 Å². The van der Waals surface area contributed by atoms with E-state index in [9.17, 15) is 19.8 Å². The number of carboxylic acids is 2. The molecule has 2 fully saturated rings. The van der Waals surface area contributed by atoms with E-state index in [2.05, 4.69) is 16.7 Å². The van der Waals surface area contributed by atoms with Crippen LogP contribution in [0.4, 0.5) is 11.6 Å². The number of nitrogens with zero attached hydrogens (tertiary/aromatic N) is 6. The molecule has 55 heavy (non-hydrogen) atoms. The summed E-state index contributed by atoms with van der Waals surface area (Å²) in [6.45, 7) is 3.07. The predicted molar refractivity (Wildman–Crippen MR) is 211 cm³/mol. The van der Waals surface area contributed by atoms with Gasteiger partial charge in [-0.2, -0.15) is 0 Å². The number of aromatic nitrogens is 4. The summed E-state index contributed by atoms with van der Waals surface area (Å²) in [6.07, 6.45) is 4.42. The fraction of sp³-hybridized carbons (Fsp3) is 0.209. The maximum atomic E-state index is 11.4. The molecular formula is C43H36N6O6. The molecule has 12 nitrogen and oxygen atoms in total. The van der Waals surface area contributed by atoms with Gasteiger partial charge in [0.2, 0.25) is 0 Å². The average molecular weight is 733 g/mol. The molecule has 0 spiro atoms. The molecular weight excluding hydrogens is 697 g/mol. The van der Waals surface area contributed by atoms with Crippen LogP contribution in [0.5, 0.6) is 0 Å². The van der Waals surface area contributed by atoms with Crippen LogP contribution in [-0.2, 0) is 0 Å². The van der Waals surface area contributed by atoms with E-state index in [1.807, 2.05) is 67.7 Å². The highest BCUT2D eigenvalue weighted by atomic mass is 16.4. The number of rotatable bonds is 7. The summed E-state index contributed by atoms with van der Waals surface area (Å²) in [4.78, 5) is 46.2. The topological polar surface area (TPSA) is 159 Å². The van der Waals surface area contributed by atoms with Crippen molar-refractivity contribution in [1.29, 1.82) is 0 Å². The number of aromatic carboxylic acids is 2. The summed E-state index contributed by atoms with van der Waals surface area (Å²) in [5.74, 6) is 0.853. The number of carbonyl (C=O) groups is 2. The number of furan rings is 2. The Morgan fingerprint density at radius 3 is 1.75 bits per heavy atom. The summed E-state index contributed by atoms with van der Waals surface area (Å²) < 4.78 is 12.1. The van der Waals surface area contributed by atoms with Gasteiger partial charge in [0.1, 0.15) is 22.6 Å². The molecule has 1 aliphatic heterocycles. The minimum Gasteiger partial charge on any atom is -0.478 e. The van der Waals surface area contributed by atoms with Crippen LogP contribution < -0.4 is 9.80 Å². The lowest BCUT2D eigenvalue weighted by molar-refractivity contribution is 0.0686. The highest BCUT2D eigenvalue weighted by Crippen LogP contribution is 2.39. The van der Waals surface area contributed by atoms with E-state index in [4.69, 9.17) is 28.8 Å². The zero-order chi connectivity index (χ0) is 37.8. The Bertz CT molecular complexity index is 2720. The van der Waals surface area contributed by atoms with Crippen molar-refractivity contribution in [2.45, 2.75) is 44.7 Å². The third kappa shape index (κ3) is 6.45. The summed E-state index contributed by atoms with van der Waals surface area (Å²) in [5.41, 5.74) is 5.82. The monoisotopic (exact) mass is 732 g/mol. The summed E-state index contributed by atoms with van der Waals surface area (Å²) >= 11 is 0. The van der Waals surface area contributed by atoms with Crippen molar-refractivity contribution in [2.24, 2.45) is 0 Å². The van der Waals surface area contributed by atoms with E-state index >= 15 is 0 Å². The largest absolute Gasteiger partial charge is 0.478 e. The first-order valence-electron chi connectivity index (χ1n) is 18.3. The van der Waals surface area contributed by atoms with E-state index in [-0.39, 0.29) is 11.1 Å². The molecule has 1 aliphatic carbocycles. The fourth-order valence-electron chi connectivity index (χ4n) is 7.21. The molecule has 0 unspecified atom stereocenters. The van der Waals surface area contributed by atoms with Gasteiger partial charge in [-0.1, -0.05) is 36.4 Å². The Kier molecular flexibility index (Phi) is 8.37. The predicted octanol–water partition coefficient (Wildman–Crippen LogP) is 9.07. The molecule has 5 heterocycles. The second-order valence-electron chi connectivity index (χ2n) is 14.1. The van der Waals surface area contributed by atoms with Crippen molar-refractivity contribution in [3.8, 4) is 22.9 Å². The summed E-state index contributed by atoms with van der Waals surface area (Å²) in [7, 11) is 2.00. The number of fused-ring (bicyclic) bond motifs is 4. The fourth-order valence-corrected chi connectivity index (χ4v) is 7.21. The molecule has 4 aromatic heterocycles. The summed E-state index contributed by atoms with van der Waals surface area (Å²) in [6, 6.07) is 30.1. The van der Waals surface area contributed by atoms with Crippen LogP contribution in [0.1, 0.15) is 53.3 Å². The Labute approximate surface area is 314 Å². The minimum atomic E-state index is -0.975. The molecule has 0 amide bonds. The number of para-hydroxylation sites is 2. The lowest BCUT2D eigenvalue weighted by Gasteiger charge is -2.24. The molecule has 4 aromatic carbocycles. The second kappa shape index (κ2) is 13.5. The first kappa shape index (κ1) is 34.0. The van der Waals surface area contributed by atoms with Crippen LogP contribution >= 0.6 is 0 Å². The third-order valence-corrected chi connectivity index (χ3v) is 10.4. The zero-order valence-corrected chi connectivity index (χ0v) is 30.1. The molecule has 2 N–H and O–H groups in total. The van der Waals surface area contributed by atoms with E-state index < -0.39 is 11.9 Å². The molecule has 1 atom stereocenters. The Morgan fingerprint density at radius 2 is 1.22 bits per heavy atom. The van der Waals surface area contributed by atoms with Crippen LogP contribution in [0.3, 0.4) is 0 Å². The van der Waals surface area contributed by atoms with Crippen molar-refractivity contribution >= 4 is 67.6 Å². The second-order valence-corrected chi connectivity index (χ2v) is 14.1. The van der Waals surface area contributed by atoms with Crippen LogP contribution in [0, 0.1) is 0 Å². The molecule has 274 valence electrons. The highest BCUT2D eigenvalue weighted by molar-refractivity contribution is 5.95. The van der Waals surface area contributed by atoms with Gasteiger partial charge in [0, 0.05) is 36.4 Å². The van der Waals surface area contributed by atoms with Crippen LogP contribution in [0.15, 0.2) is 106 Å². The zero-order valence-electron chi connectivity index (χ0n) is 30.1. The normalized spacial score (nSPS) is 15.5. The number of benzene rings is 4. The highest BCUT2D eigenvalue weighted by Gasteiger charge is 2.31. The average Bonchev–Trinajstić information content (AvgIpc) is 3.58. The lowest BCUT2D eigenvalue weighted by atomic mass is 10.1. The lowest BCUT2D eigenvalue weighted by Crippen LogP contribution is -2.28. The van der Waals surface area contributed by atoms with Gasteiger partial charge in [-0.3, -0.25) is 0 Å². The van der Waals surface area contributed by atoms with Crippen molar-refractivity contribution in [2.75, 3.05) is 23.4 Å². The molecule has 1 saturated heterocycles. The molecule has 1 saturated carbocycles. The molecule has 12 heteroatoms. The van der Waals surface area contributed by atoms with Crippen LogP contribution in [0.25, 0.3) is 66.9 Å². The molecule has 2 aliphatic rings. The minimum absolute atomic E-state index is 0.202.